The van der Waals surface area contributed by atoms with Crippen LogP contribution in [-0.4, -0.2) is 21.2 Å². The third-order valence-corrected chi connectivity index (χ3v) is 4.03. The van der Waals surface area contributed by atoms with Crippen molar-refractivity contribution >= 4 is 0 Å². The van der Waals surface area contributed by atoms with Crippen molar-refractivity contribution < 1.29 is 10.2 Å². The molecular weight excluding hydrogens is 250 g/mol. The first kappa shape index (κ1) is 13.0. The van der Waals surface area contributed by atoms with Crippen LogP contribution < -0.4 is 0 Å². The summed E-state index contributed by atoms with van der Waals surface area (Å²) in [6.45, 7) is 3.78. The fraction of sp³-hybridized carbons (Fsp3) is 0.294. The summed E-state index contributed by atoms with van der Waals surface area (Å²) in [5, 5.41) is 19.6. The van der Waals surface area contributed by atoms with Crippen molar-refractivity contribution in [3.05, 3.63) is 59.2 Å². The standard InChI is InChI=1S/C17H19NO2/c1-12-7-14-8-15(19)9-17(20)16(14)11-18(12)10-13-5-3-2-4-6-13/h2-6,8-9,12,19-20H,7,10-11H2,1H3/t12-/m1/s1. The number of aromatic hydroxyl groups is 2. The van der Waals surface area contributed by atoms with Gasteiger partial charge in [0.1, 0.15) is 11.5 Å². The molecule has 0 unspecified atom stereocenters. The number of hydrogen-bond donors (Lipinski definition) is 2. The summed E-state index contributed by atoms with van der Waals surface area (Å²) < 4.78 is 0. The molecule has 0 saturated heterocycles. The van der Waals surface area contributed by atoms with E-state index < -0.39 is 0 Å². The molecule has 2 aromatic carbocycles. The topological polar surface area (TPSA) is 43.7 Å². The van der Waals surface area contributed by atoms with E-state index in [1.807, 2.05) is 18.2 Å². The van der Waals surface area contributed by atoms with Crippen LogP contribution in [0.5, 0.6) is 11.5 Å². The Morgan fingerprint density at radius 1 is 1.15 bits per heavy atom. The number of hydrogen-bond acceptors (Lipinski definition) is 3. The summed E-state index contributed by atoms with van der Waals surface area (Å²) in [4.78, 5) is 2.36. The Balaban J connectivity index is 1.85. The van der Waals surface area contributed by atoms with E-state index in [-0.39, 0.29) is 11.5 Å². The highest BCUT2D eigenvalue weighted by Gasteiger charge is 2.25. The van der Waals surface area contributed by atoms with Crippen LogP contribution in [0.1, 0.15) is 23.6 Å². The van der Waals surface area contributed by atoms with Gasteiger partial charge in [-0.05, 0) is 30.5 Å². The smallest absolute Gasteiger partial charge is 0.124 e. The molecule has 1 aliphatic heterocycles. The number of fused-ring (bicyclic) bond motifs is 1. The van der Waals surface area contributed by atoms with Crippen molar-refractivity contribution in [2.45, 2.75) is 32.5 Å². The molecule has 3 nitrogen and oxygen atoms in total. The third kappa shape index (κ3) is 2.49. The number of nitrogens with zero attached hydrogens (tertiary/aromatic N) is 1. The van der Waals surface area contributed by atoms with Crippen LogP contribution in [0.2, 0.25) is 0 Å². The zero-order valence-corrected chi connectivity index (χ0v) is 11.6. The molecule has 1 aliphatic rings. The van der Waals surface area contributed by atoms with Gasteiger partial charge < -0.3 is 10.2 Å². The molecule has 0 aromatic heterocycles. The summed E-state index contributed by atoms with van der Waals surface area (Å²) in [6, 6.07) is 14.0. The lowest BCUT2D eigenvalue weighted by atomic mass is 9.93. The van der Waals surface area contributed by atoms with Crippen molar-refractivity contribution in [2.24, 2.45) is 0 Å². The molecule has 1 atom stereocenters. The summed E-state index contributed by atoms with van der Waals surface area (Å²) in [5.74, 6) is 0.343. The van der Waals surface area contributed by atoms with E-state index in [4.69, 9.17) is 0 Å². The lowest BCUT2D eigenvalue weighted by Gasteiger charge is -2.35. The minimum absolute atomic E-state index is 0.143. The Labute approximate surface area is 119 Å². The van der Waals surface area contributed by atoms with E-state index in [1.165, 1.54) is 11.6 Å². The van der Waals surface area contributed by atoms with Crippen LogP contribution in [0.4, 0.5) is 0 Å². The Morgan fingerprint density at radius 2 is 1.90 bits per heavy atom. The second-order valence-electron chi connectivity index (χ2n) is 5.55. The molecule has 3 heteroatoms. The van der Waals surface area contributed by atoms with Crippen molar-refractivity contribution in [1.29, 1.82) is 0 Å². The molecule has 1 heterocycles. The van der Waals surface area contributed by atoms with Crippen molar-refractivity contribution in [3.8, 4) is 11.5 Å². The largest absolute Gasteiger partial charge is 0.508 e. The van der Waals surface area contributed by atoms with Gasteiger partial charge in [-0.15, -0.1) is 0 Å². The molecule has 0 bridgehead atoms. The van der Waals surface area contributed by atoms with Gasteiger partial charge in [0.2, 0.25) is 0 Å². The molecule has 0 saturated carbocycles. The number of benzene rings is 2. The van der Waals surface area contributed by atoms with Gasteiger partial charge in [0.25, 0.3) is 0 Å². The first-order chi connectivity index (χ1) is 9.63. The lowest BCUT2D eigenvalue weighted by Crippen LogP contribution is -2.37. The highest BCUT2D eigenvalue weighted by molar-refractivity contribution is 5.46. The van der Waals surface area contributed by atoms with Gasteiger partial charge in [-0.1, -0.05) is 30.3 Å². The molecule has 0 amide bonds. The third-order valence-electron chi connectivity index (χ3n) is 4.03. The van der Waals surface area contributed by atoms with Crippen LogP contribution in [0.25, 0.3) is 0 Å². The van der Waals surface area contributed by atoms with Gasteiger partial charge in [0.15, 0.2) is 0 Å². The predicted octanol–water partition coefficient (Wildman–Crippen LogP) is 3.04. The van der Waals surface area contributed by atoms with E-state index in [0.717, 1.165) is 30.6 Å². The van der Waals surface area contributed by atoms with Crippen LogP contribution in [-0.2, 0) is 19.5 Å². The maximum absolute atomic E-state index is 10.0. The van der Waals surface area contributed by atoms with Gasteiger partial charge in [0.05, 0.1) is 0 Å². The molecule has 0 radical (unpaired) electrons. The molecular formula is C17H19NO2. The Kier molecular flexibility index (Phi) is 3.36. The fourth-order valence-corrected chi connectivity index (χ4v) is 2.90. The SMILES string of the molecule is C[C@@H]1Cc2cc(O)cc(O)c2CN1Cc1ccccc1. The first-order valence-corrected chi connectivity index (χ1v) is 6.95. The monoisotopic (exact) mass is 269 g/mol. The van der Waals surface area contributed by atoms with Crippen molar-refractivity contribution in [3.63, 3.8) is 0 Å². The Morgan fingerprint density at radius 3 is 2.65 bits per heavy atom. The van der Waals surface area contributed by atoms with Crippen LogP contribution in [0.3, 0.4) is 0 Å². The summed E-state index contributed by atoms with van der Waals surface area (Å²) in [7, 11) is 0. The second-order valence-corrected chi connectivity index (χ2v) is 5.55. The summed E-state index contributed by atoms with van der Waals surface area (Å²) >= 11 is 0. The minimum atomic E-state index is 0.143. The molecule has 0 spiro atoms. The van der Waals surface area contributed by atoms with Crippen LogP contribution in [0.15, 0.2) is 42.5 Å². The molecule has 104 valence electrons. The van der Waals surface area contributed by atoms with Crippen LogP contribution >= 0.6 is 0 Å². The molecule has 0 fully saturated rings. The average Bonchev–Trinajstić information content (AvgIpc) is 2.41. The van der Waals surface area contributed by atoms with E-state index >= 15 is 0 Å². The van der Waals surface area contributed by atoms with Gasteiger partial charge in [0, 0.05) is 30.8 Å². The maximum Gasteiger partial charge on any atom is 0.124 e. The number of rotatable bonds is 2. The zero-order chi connectivity index (χ0) is 14.1. The van der Waals surface area contributed by atoms with Gasteiger partial charge in [-0.25, -0.2) is 0 Å². The van der Waals surface area contributed by atoms with Gasteiger partial charge in [-0.3, -0.25) is 4.90 Å². The average molecular weight is 269 g/mol. The minimum Gasteiger partial charge on any atom is -0.508 e. The fourth-order valence-electron chi connectivity index (χ4n) is 2.90. The van der Waals surface area contributed by atoms with Crippen LogP contribution in [0, 0.1) is 0 Å². The maximum atomic E-state index is 10.0. The Hall–Kier alpha value is -2.00. The highest BCUT2D eigenvalue weighted by atomic mass is 16.3. The lowest BCUT2D eigenvalue weighted by molar-refractivity contribution is 0.172. The molecule has 3 rings (SSSR count). The molecule has 20 heavy (non-hydrogen) atoms. The summed E-state index contributed by atoms with van der Waals surface area (Å²) in [5.41, 5.74) is 3.28. The Bertz CT molecular complexity index is 610. The summed E-state index contributed by atoms with van der Waals surface area (Å²) in [6.07, 6.45) is 0.851. The van der Waals surface area contributed by atoms with E-state index in [0.29, 0.717) is 6.04 Å². The predicted molar refractivity (Wildman–Crippen MR) is 78.6 cm³/mol. The van der Waals surface area contributed by atoms with Crippen molar-refractivity contribution in [1.82, 2.24) is 4.90 Å². The zero-order valence-electron chi connectivity index (χ0n) is 11.6. The van der Waals surface area contributed by atoms with E-state index in [9.17, 15) is 10.2 Å². The number of phenolic OH excluding ortho intramolecular Hbond substituents is 2. The number of phenols is 2. The highest BCUT2D eigenvalue weighted by Crippen LogP contribution is 2.34. The first-order valence-electron chi connectivity index (χ1n) is 6.95. The molecule has 2 N–H and O–H groups in total. The molecule has 0 aliphatic carbocycles. The van der Waals surface area contributed by atoms with Gasteiger partial charge in [-0.2, -0.15) is 0 Å². The van der Waals surface area contributed by atoms with Crippen molar-refractivity contribution in [2.75, 3.05) is 0 Å². The quantitative estimate of drug-likeness (QED) is 0.880. The van der Waals surface area contributed by atoms with E-state index in [2.05, 4.69) is 24.0 Å². The second kappa shape index (κ2) is 5.17. The van der Waals surface area contributed by atoms with Gasteiger partial charge >= 0.3 is 0 Å². The molecule has 2 aromatic rings. The normalized spacial score (nSPS) is 18.8. The van der Waals surface area contributed by atoms with E-state index in [1.54, 1.807) is 6.07 Å².